The second-order valence-corrected chi connectivity index (χ2v) is 3.60. The van der Waals surface area contributed by atoms with Gasteiger partial charge < -0.3 is 11.1 Å². The van der Waals surface area contributed by atoms with Crippen LogP contribution >= 0.6 is 0 Å². The molecule has 0 bridgehead atoms. The van der Waals surface area contributed by atoms with E-state index in [4.69, 9.17) is 5.73 Å². The van der Waals surface area contributed by atoms with E-state index in [1.165, 1.54) is 22.9 Å². The molecule has 2 rings (SSSR count). The molecule has 88 valence electrons. The van der Waals surface area contributed by atoms with Crippen LogP contribution in [0.5, 0.6) is 0 Å². The van der Waals surface area contributed by atoms with Gasteiger partial charge >= 0.3 is 0 Å². The van der Waals surface area contributed by atoms with Crippen molar-refractivity contribution in [2.45, 2.75) is 0 Å². The van der Waals surface area contributed by atoms with E-state index in [2.05, 4.69) is 10.4 Å². The van der Waals surface area contributed by atoms with Crippen LogP contribution in [-0.2, 0) is 7.05 Å². The number of nitrogens with zero attached hydrogens (tertiary/aromatic N) is 2. The number of benzene rings is 1. The Labute approximate surface area is 97.0 Å². The molecule has 0 fully saturated rings. The molecule has 0 spiro atoms. The Morgan fingerprint density at radius 2 is 2.24 bits per heavy atom. The van der Waals surface area contributed by atoms with Crippen LogP contribution in [0.3, 0.4) is 0 Å². The molecule has 0 radical (unpaired) electrons. The number of nitrogens with one attached hydrogen (secondary N) is 1. The fourth-order valence-corrected chi connectivity index (χ4v) is 1.42. The number of anilines is 2. The maximum atomic E-state index is 13.0. The van der Waals surface area contributed by atoms with E-state index < -0.39 is 11.7 Å². The predicted octanol–water partition coefficient (Wildman–Crippen LogP) is 1.39. The molecule has 17 heavy (non-hydrogen) atoms. The van der Waals surface area contributed by atoms with Crippen LogP contribution in [0.4, 0.5) is 15.8 Å². The summed E-state index contributed by atoms with van der Waals surface area (Å²) in [7, 11) is 1.71. The first-order valence-electron chi connectivity index (χ1n) is 4.91. The van der Waals surface area contributed by atoms with Crippen molar-refractivity contribution < 1.29 is 9.18 Å². The van der Waals surface area contributed by atoms with Crippen molar-refractivity contribution >= 4 is 17.3 Å². The Morgan fingerprint density at radius 1 is 1.47 bits per heavy atom. The highest BCUT2D eigenvalue weighted by molar-refractivity contribution is 6.02. The first-order valence-corrected chi connectivity index (χ1v) is 4.91. The van der Waals surface area contributed by atoms with Crippen LogP contribution in [-0.4, -0.2) is 15.7 Å². The summed E-state index contributed by atoms with van der Waals surface area (Å²) in [6.45, 7) is 0. The van der Waals surface area contributed by atoms with E-state index in [1.54, 1.807) is 19.3 Å². The van der Waals surface area contributed by atoms with Gasteiger partial charge in [-0.2, -0.15) is 5.10 Å². The molecular formula is C11H11FN4O. The van der Waals surface area contributed by atoms with Crippen molar-refractivity contribution in [1.82, 2.24) is 9.78 Å². The summed E-state index contributed by atoms with van der Waals surface area (Å²) in [5.41, 5.74) is 6.28. The zero-order valence-corrected chi connectivity index (χ0v) is 9.14. The van der Waals surface area contributed by atoms with Gasteiger partial charge in [-0.05, 0) is 24.3 Å². The van der Waals surface area contributed by atoms with Gasteiger partial charge in [-0.3, -0.25) is 9.48 Å². The normalized spacial score (nSPS) is 10.2. The van der Waals surface area contributed by atoms with Gasteiger partial charge in [0.2, 0.25) is 0 Å². The Bertz CT molecular complexity index is 544. The topological polar surface area (TPSA) is 72.9 Å². The number of aryl methyl sites for hydroxylation is 1. The van der Waals surface area contributed by atoms with Crippen molar-refractivity contribution in [3.05, 3.63) is 42.0 Å². The Kier molecular flexibility index (Phi) is 2.78. The standard InChI is InChI=1S/C11H11FN4O/c1-16-3-2-10(15-16)11(17)14-9-5-7(12)4-8(13)6-9/h2-6H,13H2,1H3,(H,14,17). The molecule has 0 atom stereocenters. The van der Waals surface area contributed by atoms with E-state index in [0.29, 0.717) is 5.69 Å². The lowest BCUT2D eigenvalue weighted by molar-refractivity contribution is 0.102. The first-order chi connectivity index (χ1) is 8.04. The molecule has 1 heterocycles. The van der Waals surface area contributed by atoms with Crippen molar-refractivity contribution in [2.24, 2.45) is 7.05 Å². The summed E-state index contributed by atoms with van der Waals surface area (Å²) in [6.07, 6.45) is 1.65. The second-order valence-electron chi connectivity index (χ2n) is 3.60. The van der Waals surface area contributed by atoms with E-state index in [0.717, 1.165) is 0 Å². The first kappa shape index (κ1) is 11.1. The predicted molar refractivity (Wildman–Crippen MR) is 62.0 cm³/mol. The van der Waals surface area contributed by atoms with E-state index in [-0.39, 0.29) is 11.4 Å². The molecule has 1 aromatic carbocycles. The number of nitrogens with two attached hydrogens (primary N) is 1. The Hall–Kier alpha value is -2.37. The number of hydrogen-bond acceptors (Lipinski definition) is 3. The number of amides is 1. The number of rotatable bonds is 2. The van der Waals surface area contributed by atoms with Crippen molar-refractivity contribution in [3.8, 4) is 0 Å². The largest absolute Gasteiger partial charge is 0.399 e. The van der Waals surface area contributed by atoms with Gasteiger partial charge in [-0.1, -0.05) is 0 Å². The van der Waals surface area contributed by atoms with E-state index in [1.807, 2.05) is 0 Å². The molecule has 0 aliphatic heterocycles. The van der Waals surface area contributed by atoms with Crippen LogP contribution in [0.25, 0.3) is 0 Å². The quantitative estimate of drug-likeness (QED) is 0.771. The van der Waals surface area contributed by atoms with Crippen molar-refractivity contribution in [2.75, 3.05) is 11.1 Å². The summed E-state index contributed by atoms with van der Waals surface area (Å²) in [5, 5.41) is 6.45. The van der Waals surface area contributed by atoms with Gasteiger partial charge in [-0.25, -0.2) is 4.39 Å². The fraction of sp³-hybridized carbons (Fsp3) is 0.0909. The van der Waals surface area contributed by atoms with Crippen LogP contribution < -0.4 is 11.1 Å². The number of nitrogen functional groups attached to an aromatic ring is 1. The van der Waals surface area contributed by atoms with Crippen LogP contribution in [0, 0.1) is 5.82 Å². The van der Waals surface area contributed by atoms with Crippen LogP contribution in [0.2, 0.25) is 0 Å². The average Bonchev–Trinajstić information content (AvgIpc) is 2.63. The highest BCUT2D eigenvalue weighted by Gasteiger charge is 2.09. The smallest absolute Gasteiger partial charge is 0.276 e. The molecular weight excluding hydrogens is 223 g/mol. The molecule has 0 aliphatic carbocycles. The van der Waals surface area contributed by atoms with Gasteiger partial charge in [0, 0.05) is 24.6 Å². The molecule has 2 aromatic rings. The SMILES string of the molecule is Cn1ccc(C(=O)Nc2cc(N)cc(F)c2)n1. The molecule has 6 heteroatoms. The monoisotopic (exact) mass is 234 g/mol. The summed E-state index contributed by atoms with van der Waals surface area (Å²) in [6, 6.07) is 5.41. The molecule has 5 nitrogen and oxygen atoms in total. The maximum absolute atomic E-state index is 13.0. The van der Waals surface area contributed by atoms with E-state index in [9.17, 15) is 9.18 Å². The summed E-state index contributed by atoms with van der Waals surface area (Å²) in [5.74, 6) is -0.906. The van der Waals surface area contributed by atoms with Gasteiger partial charge in [0.1, 0.15) is 5.82 Å². The molecule has 0 unspecified atom stereocenters. The lowest BCUT2D eigenvalue weighted by Gasteiger charge is -2.04. The molecule has 0 saturated heterocycles. The fourth-order valence-electron chi connectivity index (χ4n) is 1.42. The van der Waals surface area contributed by atoms with E-state index >= 15 is 0 Å². The minimum absolute atomic E-state index is 0.251. The number of halogens is 1. The molecule has 1 aromatic heterocycles. The third-order valence-corrected chi connectivity index (χ3v) is 2.12. The second kappa shape index (κ2) is 4.25. The summed E-state index contributed by atoms with van der Waals surface area (Å²) in [4.78, 5) is 11.7. The van der Waals surface area contributed by atoms with Gasteiger partial charge in [0.15, 0.2) is 5.69 Å². The zero-order chi connectivity index (χ0) is 12.4. The van der Waals surface area contributed by atoms with Gasteiger partial charge in [0.05, 0.1) is 0 Å². The molecule has 3 N–H and O–H groups in total. The minimum atomic E-state index is -0.499. The minimum Gasteiger partial charge on any atom is -0.399 e. The van der Waals surface area contributed by atoms with Gasteiger partial charge in [0.25, 0.3) is 5.91 Å². The van der Waals surface area contributed by atoms with Crippen LogP contribution in [0.1, 0.15) is 10.5 Å². The number of carbonyl (C=O) groups excluding carboxylic acids is 1. The lowest BCUT2D eigenvalue weighted by atomic mass is 10.2. The van der Waals surface area contributed by atoms with Gasteiger partial charge in [-0.15, -0.1) is 0 Å². The Balaban J connectivity index is 2.18. The number of aromatic nitrogens is 2. The van der Waals surface area contributed by atoms with Crippen LogP contribution in [0.15, 0.2) is 30.5 Å². The molecule has 0 saturated carbocycles. The average molecular weight is 234 g/mol. The molecule has 0 aliphatic rings. The highest BCUT2D eigenvalue weighted by atomic mass is 19.1. The number of hydrogen-bond donors (Lipinski definition) is 2. The third-order valence-electron chi connectivity index (χ3n) is 2.12. The highest BCUT2D eigenvalue weighted by Crippen LogP contribution is 2.16. The summed E-state index contributed by atoms with van der Waals surface area (Å²) < 4.78 is 14.5. The lowest BCUT2D eigenvalue weighted by Crippen LogP contribution is -2.13. The third kappa shape index (κ3) is 2.60. The maximum Gasteiger partial charge on any atom is 0.276 e. The molecule has 1 amide bonds. The van der Waals surface area contributed by atoms with Crippen molar-refractivity contribution in [1.29, 1.82) is 0 Å². The Morgan fingerprint density at radius 3 is 2.82 bits per heavy atom. The van der Waals surface area contributed by atoms with Crippen molar-refractivity contribution in [3.63, 3.8) is 0 Å². The summed E-state index contributed by atoms with van der Waals surface area (Å²) >= 11 is 0. The number of carbonyl (C=O) groups is 1. The zero-order valence-electron chi connectivity index (χ0n) is 9.14.